The molecule has 0 aromatic heterocycles. The quantitative estimate of drug-likeness (QED) is 0.587. The molecule has 2 heteroatoms. The molecule has 0 aromatic carbocycles. The van der Waals surface area contributed by atoms with Crippen molar-refractivity contribution in [3.8, 4) is 0 Å². The number of carbonyl (C=O) groups is 1. The maximum atomic E-state index is 10.6. The normalized spacial score (nSPS) is 23.7. The lowest BCUT2D eigenvalue weighted by atomic mass is 9.98. The van der Waals surface area contributed by atoms with E-state index in [0.29, 0.717) is 0 Å². The minimum absolute atomic E-state index is 0.0777. The average molecular weight is 166 g/mol. The predicted molar refractivity (Wildman–Crippen MR) is 47.6 cm³/mol. The van der Waals surface area contributed by atoms with Gasteiger partial charge in [-0.1, -0.05) is 11.6 Å². The maximum absolute atomic E-state index is 10.6. The van der Waals surface area contributed by atoms with E-state index in [1.54, 1.807) is 7.11 Å². The number of ether oxygens (including phenoxy) is 1. The standard InChI is InChI=1S/C10H14O2/c1-8-3-5-10(12-2)6-4-9(8)7-11/h3,5,7,9H,4,6H2,1-2H3. The van der Waals surface area contributed by atoms with Gasteiger partial charge in [0.05, 0.1) is 12.9 Å². The minimum atomic E-state index is 0.0777. The van der Waals surface area contributed by atoms with Crippen molar-refractivity contribution >= 4 is 6.29 Å². The Bertz CT molecular complexity index is 226. The third kappa shape index (κ3) is 1.97. The molecule has 1 aliphatic carbocycles. The lowest BCUT2D eigenvalue weighted by molar-refractivity contribution is -0.110. The van der Waals surface area contributed by atoms with E-state index in [-0.39, 0.29) is 5.92 Å². The van der Waals surface area contributed by atoms with Gasteiger partial charge >= 0.3 is 0 Å². The van der Waals surface area contributed by atoms with Gasteiger partial charge in [0.1, 0.15) is 6.29 Å². The number of hydrogen-bond donors (Lipinski definition) is 0. The van der Waals surface area contributed by atoms with Gasteiger partial charge in [-0.2, -0.15) is 0 Å². The Labute approximate surface area is 72.9 Å². The minimum Gasteiger partial charge on any atom is -0.501 e. The van der Waals surface area contributed by atoms with Crippen molar-refractivity contribution in [1.29, 1.82) is 0 Å². The molecule has 0 spiro atoms. The average Bonchev–Trinajstić information content (AvgIpc) is 2.27. The molecule has 0 radical (unpaired) electrons. The number of carbonyl (C=O) groups excluding carboxylic acids is 1. The van der Waals surface area contributed by atoms with E-state index in [1.165, 1.54) is 0 Å². The second kappa shape index (κ2) is 4.10. The summed E-state index contributed by atoms with van der Waals surface area (Å²) in [6.45, 7) is 1.98. The molecule has 1 rings (SSSR count). The highest BCUT2D eigenvalue weighted by Gasteiger charge is 2.12. The van der Waals surface area contributed by atoms with Crippen LogP contribution < -0.4 is 0 Å². The van der Waals surface area contributed by atoms with Gasteiger partial charge in [0.25, 0.3) is 0 Å². The zero-order chi connectivity index (χ0) is 8.97. The third-order valence-electron chi connectivity index (χ3n) is 2.25. The smallest absolute Gasteiger partial charge is 0.127 e. The van der Waals surface area contributed by atoms with Crippen molar-refractivity contribution < 1.29 is 9.53 Å². The second-order valence-electron chi connectivity index (χ2n) is 3.03. The topological polar surface area (TPSA) is 26.3 Å². The van der Waals surface area contributed by atoms with Crippen LogP contribution in [0.2, 0.25) is 0 Å². The molecule has 0 N–H and O–H groups in total. The molecule has 66 valence electrons. The molecule has 0 bridgehead atoms. The molecule has 0 saturated carbocycles. The monoisotopic (exact) mass is 166 g/mol. The largest absolute Gasteiger partial charge is 0.501 e. The van der Waals surface area contributed by atoms with Crippen LogP contribution in [0.4, 0.5) is 0 Å². The number of aldehydes is 1. The Balaban J connectivity index is 2.72. The SMILES string of the molecule is COC1=CC=C(C)C(C=O)CC1. The Morgan fingerprint density at radius 1 is 1.58 bits per heavy atom. The van der Waals surface area contributed by atoms with Gasteiger partial charge in [-0.15, -0.1) is 0 Å². The Morgan fingerprint density at radius 3 is 2.92 bits per heavy atom. The van der Waals surface area contributed by atoms with Crippen molar-refractivity contribution in [2.45, 2.75) is 19.8 Å². The molecule has 1 atom stereocenters. The molecule has 0 saturated heterocycles. The summed E-state index contributed by atoms with van der Waals surface area (Å²) in [7, 11) is 1.66. The van der Waals surface area contributed by atoms with Crippen LogP contribution in [-0.4, -0.2) is 13.4 Å². The third-order valence-corrected chi connectivity index (χ3v) is 2.25. The van der Waals surface area contributed by atoms with E-state index in [0.717, 1.165) is 30.5 Å². The molecule has 0 heterocycles. The zero-order valence-electron chi connectivity index (χ0n) is 7.54. The summed E-state index contributed by atoms with van der Waals surface area (Å²) in [5.41, 5.74) is 1.12. The number of methoxy groups -OCH3 is 1. The predicted octanol–water partition coefficient (Wildman–Crippen LogP) is 2.07. The van der Waals surface area contributed by atoms with Crippen LogP contribution in [0.3, 0.4) is 0 Å². The first-order valence-electron chi connectivity index (χ1n) is 4.14. The number of rotatable bonds is 2. The number of allylic oxidation sites excluding steroid dienone is 4. The van der Waals surface area contributed by atoms with E-state index in [1.807, 2.05) is 19.1 Å². The molecule has 0 fully saturated rings. The van der Waals surface area contributed by atoms with Gasteiger partial charge in [0.15, 0.2) is 0 Å². The van der Waals surface area contributed by atoms with Crippen LogP contribution in [0.25, 0.3) is 0 Å². The highest BCUT2D eigenvalue weighted by atomic mass is 16.5. The van der Waals surface area contributed by atoms with Gasteiger partial charge < -0.3 is 9.53 Å². The second-order valence-corrected chi connectivity index (χ2v) is 3.03. The summed E-state index contributed by atoms with van der Waals surface area (Å²) in [4.78, 5) is 10.6. The Morgan fingerprint density at radius 2 is 2.33 bits per heavy atom. The first kappa shape index (κ1) is 9.04. The summed E-state index contributed by atoms with van der Waals surface area (Å²) >= 11 is 0. The maximum Gasteiger partial charge on any atom is 0.127 e. The Kier molecular flexibility index (Phi) is 3.09. The molecule has 1 unspecified atom stereocenters. The molecule has 1 aliphatic rings. The van der Waals surface area contributed by atoms with Crippen molar-refractivity contribution in [3.63, 3.8) is 0 Å². The fourth-order valence-electron chi connectivity index (χ4n) is 1.30. The van der Waals surface area contributed by atoms with Gasteiger partial charge in [-0.25, -0.2) is 0 Å². The summed E-state index contributed by atoms with van der Waals surface area (Å²) in [6, 6.07) is 0. The van der Waals surface area contributed by atoms with Crippen LogP contribution >= 0.6 is 0 Å². The van der Waals surface area contributed by atoms with Gasteiger partial charge in [-0.05, 0) is 19.4 Å². The van der Waals surface area contributed by atoms with E-state index in [2.05, 4.69) is 0 Å². The van der Waals surface area contributed by atoms with Crippen LogP contribution in [0.1, 0.15) is 19.8 Å². The van der Waals surface area contributed by atoms with Crippen LogP contribution in [-0.2, 0) is 9.53 Å². The molecular weight excluding hydrogens is 152 g/mol. The van der Waals surface area contributed by atoms with Crippen molar-refractivity contribution in [1.82, 2.24) is 0 Å². The highest BCUT2D eigenvalue weighted by molar-refractivity contribution is 5.59. The fourth-order valence-corrected chi connectivity index (χ4v) is 1.30. The molecular formula is C10H14O2. The van der Waals surface area contributed by atoms with E-state index >= 15 is 0 Å². The van der Waals surface area contributed by atoms with Crippen molar-refractivity contribution in [2.75, 3.05) is 7.11 Å². The van der Waals surface area contributed by atoms with Gasteiger partial charge in [-0.3, -0.25) is 0 Å². The van der Waals surface area contributed by atoms with E-state index < -0.39 is 0 Å². The number of hydrogen-bond acceptors (Lipinski definition) is 2. The van der Waals surface area contributed by atoms with E-state index in [4.69, 9.17) is 4.74 Å². The lowest BCUT2D eigenvalue weighted by Gasteiger charge is -2.07. The molecule has 2 nitrogen and oxygen atoms in total. The fraction of sp³-hybridized carbons (Fsp3) is 0.500. The molecule has 0 aromatic rings. The highest BCUT2D eigenvalue weighted by Crippen LogP contribution is 2.22. The lowest BCUT2D eigenvalue weighted by Crippen LogP contribution is -2.02. The van der Waals surface area contributed by atoms with Crippen molar-refractivity contribution in [3.05, 3.63) is 23.5 Å². The van der Waals surface area contributed by atoms with Crippen LogP contribution in [0.15, 0.2) is 23.5 Å². The van der Waals surface area contributed by atoms with Gasteiger partial charge in [0.2, 0.25) is 0 Å². The summed E-state index contributed by atoms with van der Waals surface area (Å²) < 4.78 is 5.11. The van der Waals surface area contributed by atoms with E-state index in [9.17, 15) is 4.79 Å². The molecule has 0 aliphatic heterocycles. The van der Waals surface area contributed by atoms with Crippen LogP contribution in [0.5, 0.6) is 0 Å². The molecule has 12 heavy (non-hydrogen) atoms. The molecule has 0 amide bonds. The summed E-state index contributed by atoms with van der Waals surface area (Å²) in [5.74, 6) is 1.03. The summed E-state index contributed by atoms with van der Waals surface area (Å²) in [5, 5.41) is 0. The van der Waals surface area contributed by atoms with Crippen molar-refractivity contribution in [2.24, 2.45) is 5.92 Å². The Hall–Kier alpha value is -1.05. The van der Waals surface area contributed by atoms with Crippen LogP contribution in [0, 0.1) is 5.92 Å². The summed E-state index contributed by atoms with van der Waals surface area (Å²) in [6.07, 6.45) is 6.64. The first-order valence-corrected chi connectivity index (χ1v) is 4.14. The van der Waals surface area contributed by atoms with Gasteiger partial charge in [0, 0.05) is 12.3 Å². The first-order chi connectivity index (χ1) is 5.77. The zero-order valence-corrected chi connectivity index (χ0v) is 7.54.